The van der Waals surface area contributed by atoms with Crippen molar-refractivity contribution in [3.05, 3.63) is 54.1 Å². The third-order valence-electron chi connectivity index (χ3n) is 4.71. The van der Waals surface area contributed by atoms with Gasteiger partial charge in [0.05, 0.1) is 5.75 Å². The van der Waals surface area contributed by atoms with E-state index >= 15 is 0 Å². The minimum atomic E-state index is -3.29. The summed E-state index contributed by atoms with van der Waals surface area (Å²) in [5.74, 6) is 1.58. The van der Waals surface area contributed by atoms with Crippen LogP contribution in [0.2, 0.25) is 0 Å². The second kappa shape index (κ2) is 7.17. The van der Waals surface area contributed by atoms with Gasteiger partial charge < -0.3 is 14.4 Å². The van der Waals surface area contributed by atoms with Crippen LogP contribution in [0.3, 0.4) is 0 Å². The second-order valence-corrected chi connectivity index (χ2v) is 8.42. The molecule has 2 aliphatic heterocycles. The molecule has 4 rings (SSSR count). The average Bonchev–Trinajstić information content (AvgIpc) is 2.68. The normalized spacial score (nSPS) is 17.9. The van der Waals surface area contributed by atoms with Crippen LogP contribution in [0.5, 0.6) is 11.5 Å². The first-order chi connectivity index (χ1) is 12.6. The largest absolute Gasteiger partial charge is 0.486 e. The van der Waals surface area contributed by atoms with E-state index in [4.69, 9.17) is 9.47 Å². The molecular formula is C19H22N2O4S. The van der Waals surface area contributed by atoms with Gasteiger partial charge in [-0.05, 0) is 17.7 Å². The van der Waals surface area contributed by atoms with Crippen molar-refractivity contribution in [1.82, 2.24) is 4.31 Å². The Hall–Kier alpha value is -2.25. The Kier molecular flexibility index (Phi) is 4.74. The lowest BCUT2D eigenvalue weighted by Crippen LogP contribution is -2.49. The maximum atomic E-state index is 12.7. The first kappa shape index (κ1) is 17.2. The van der Waals surface area contributed by atoms with Crippen molar-refractivity contribution < 1.29 is 17.9 Å². The average molecular weight is 374 g/mol. The first-order valence-corrected chi connectivity index (χ1v) is 10.4. The highest BCUT2D eigenvalue weighted by molar-refractivity contribution is 7.88. The quantitative estimate of drug-likeness (QED) is 0.820. The van der Waals surface area contributed by atoms with Crippen molar-refractivity contribution in [3.8, 4) is 11.5 Å². The van der Waals surface area contributed by atoms with Crippen LogP contribution in [-0.2, 0) is 15.8 Å². The molecule has 0 N–H and O–H groups in total. The van der Waals surface area contributed by atoms with Crippen LogP contribution < -0.4 is 14.4 Å². The smallest absolute Gasteiger partial charge is 0.218 e. The molecule has 1 fully saturated rings. The summed E-state index contributed by atoms with van der Waals surface area (Å²) in [5.41, 5.74) is 1.86. The number of fused-ring (bicyclic) bond motifs is 1. The van der Waals surface area contributed by atoms with Crippen LogP contribution in [-0.4, -0.2) is 52.1 Å². The van der Waals surface area contributed by atoms with Crippen LogP contribution >= 0.6 is 0 Å². The zero-order valence-electron chi connectivity index (χ0n) is 14.5. The molecule has 0 amide bonds. The Morgan fingerprint density at radius 3 is 2.27 bits per heavy atom. The number of piperazine rings is 1. The lowest BCUT2D eigenvalue weighted by atomic mass is 10.2. The van der Waals surface area contributed by atoms with Gasteiger partial charge in [0.25, 0.3) is 0 Å². The van der Waals surface area contributed by atoms with Gasteiger partial charge in [-0.3, -0.25) is 0 Å². The third kappa shape index (κ3) is 3.64. The van der Waals surface area contributed by atoms with Crippen LogP contribution in [0, 0.1) is 0 Å². The highest BCUT2D eigenvalue weighted by Gasteiger charge is 2.27. The number of sulfonamides is 1. The van der Waals surface area contributed by atoms with Crippen molar-refractivity contribution in [1.29, 1.82) is 0 Å². The summed E-state index contributed by atoms with van der Waals surface area (Å²) >= 11 is 0. The van der Waals surface area contributed by atoms with Crippen LogP contribution in [0.1, 0.15) is 5.56 Å². The van der Waals surface area contributed by atoms with E-state index in [-0.39, 0.29) is 5.75 Å². The lowest BCUT2D eigenvalue weighted by Gasteiger charge is -2.35. The van der Waals surface area contributed by atoms with Gasteiger partial charge in [-0.25, -0.2) is 8.42 Å². The Labute approximate surface area is 154 Å². The van der Waals surface area contributed by atoms with Gasteiger partial charge in [0, 0.05) is 37.9 Å². The predicted molar refractivity (Wildman–Crippen MR) is 100 cm³/mol. The molecule has 138 valence electrons. The van der Waals surface area contributed by atoms with E-state index in [0.717, 1.165) is 22.7 Å². The summed E-state index contributed by atoms with van der Waals surface area (Å²) in [6.45, 7) is 3.43. The second-order valence-electron chi connectivity index (χ2n) is 6.46. The molecule has 2 aliphatic rings. The van der Waals surface area contributed by atoms with E-state index in [1.54, 1.807) is 4.31 Å². The van der Waals surface area contributed by atoms with E-state index in [9.17, 15) is 8.42 Å². The summed E-state index contributed by atoms with van der Waals surface area (Å²) in [4.78, 5) is 2.19. The number of hydrogen-bond donors (Lipinski definition) is 0. The monoisotopic (exact) mass is 374 g/mol. The summed E-state index contributed by atoms with van der Waals surface area (Å²) < 4.78 is 38.1. The Morgan fingerprint density at radius 1 is 0.846 bits per heavy atom. The number of rotatable bonds is 4. The Bertz CT molecular complexity index is 862. The highest BCUT2D eigenvalue weighted by atomic mass is 32.2. The summed E-state index contributed by atoms with van der Waals surface area (Å²) in [7, 11) is -3.29. The minimum Gasteiger partial charge on any atom is -0.486 e. The van der Waals surface area contributed by atoms with Gasteiger partial charge in [-0.15, -0.1) is 0 Å². The zero-order valence-corrected chi connectivity index (χ0v) is 15.3. The Morgan fingerprint density at radius 2 is 1.54 bits per heavy atom. The van der Waals surface area contributed by atoms with Crippen LogP contribution in [0.4, 0.5) is 5.69 Å². The van der Waals surface area contributed by atoms with Crippen molar-refractivity contribution in [2.24, 2.45) is 0 Å². The molecule has 1 saturated heterocycles. The molecule has 0 aromatic heterocycles. The fourth-order valence-electron chi connectivity index (χ4n) is 3.33. The molecule has 7 heteroatoms. The number of nitrogens with zero attached hydrogens (tertiary/aromatic N) is 2. The van der Waals surface area contributed by atoms with Gasteiger partial charge in [-0.2, -0.15) is 4.31 Å². The van der Waals surface area contributed by atoms with E-state index in [1.807, 2.05) is 48.5 Å². The van der Waals surface area contributed by atoms with Crippen molar-refractivity contribution >= 4 is 15.7 Å². The number of anilines is 1. The van der Waals surface area contributed by atoms with E-state index in [2.05, 4.69) is 4.90 Å². The van der Waals surface area contributed by atoms with Crippen molar-refractivity contribution in [2.45, 2.75) is 5.75 Å². The number of hydrogen-bond acceptors (Lipinski definition) is 5. The molecule has 0 radical (unpaired) electrons. The molecule has 0 spiro atoms. The highest BCUT2D eigenvalue weighted by Crippen LogP contribution is 2.34. The number of ether oxygens (including phenoxy) is 2. The molecule has 0 unspecified atom stereocenters. The summed E-state index contributed by atoms with van der Waals surface area (Å²) in [5, 5.41) is 0. The molecule has 6 nitrogen and oxygen atoms in total. The minimum absolute atomic E-state index is 0.0534. The van der Waals surface area contributed by atoms with Gasteiger partial charge >= 0.3 is 0 Å². The summed E-state index contributed by atoms with van der Waals surface area (Å²) in [6, 6.07) is 15.2. The Balaban J connectivity index is 1.41. The predicted octanol–water partition coefficient (Wildman–Crippen LogP) is 2.11. The summed E-state index contributed by atoms with van der Waals surface area (Å²) in [6.07, 6.45) is 0. The molecule has 2 aromatic carbocycles. The first-order valence-electron chi connectivity index (χ1n) is 8.78. The van der Waals surface area contributed by atoms with Gasteiger partial charge in [0.1, 0.15) is 13.2 Å². The van der Waals surface area contributed by atoms with Gasteiger partial charge in [0.15, 0.2) is 11.5 Å². The van der Waals surface area contributed by atoms with Gasteiger partial charge in [0.2, 0.25) is 10.0 Å². The maximum Gasteiger partial charge on any atom is 0.218 e. The molecule has 0 aliphatic carbocycles. The fourth-order valence-corrected chi connectivity index (χ4v) is 4.85. The molecule has 0 bridgehead atoms. The van der Waals surface area contributed by atoms with E-state index in [0.29, 0.717) is 39.4 Å². The molecule has 0 saturated carbocycles. The standard InChI is InChI=1S/C19H22N2O4S/c22-26(23,15-16-4-2-1-3-5-16)21-10-8-20(9-11-21)17-6-7-18-19(14-17)25-13-12-24-18/h1-7,14H,8-13,15H2. The van der Waals surface area contributed by atoms with E-state index < -0.39 is 10.0 Å². The molecule has 2 aromatic rings. The number of benzene rings is 2. The van der Waals surface area contributed by atoms with Crippen molar-refractivity contribution in [3.63, 3.8) is 0 Å². The van der Waals surface area contributed by atoms with E-state index in [1.165, 1.54) is 0 Å². The topological polar surface area (TPSA) is 59.1 Å². The zero-order chi connectivity index (χ0) is 18.0. The molecule has 2 heterocycles. The van der Waals surface area contributed by atoms with Crippen molar-refractivity contribution in [2.75, 3.05) is 44.3 Å². The SMILES string of the molecule is O=S(=O)(Cc1ccccc1)N1CCN(c2ccc3c(c2)OCCO3)CC1. The van der Waals surface area contributed by atoms with Crippen LogP contribution in [0.15, 0.2) is 48.5 Å². The fraction of sp³-hybridized carbons (Fsp3) is 0.368. The molecule has 0 atom stereocenters. The third-order valence-corrected chi connectivity index (χ3v) is 6.56. The molecular weight excluding hydrogens is 352 g/mol. The van der Waals surface area contributed by atoms with Crippen LogP contribution in [0.25, 0.3) is 0 Å². The maximum absolute atomic E-state index is 12.7. The lowest BCUT2D eigenvalue weighted by molar-refractivity contribution is 0.171. The van der Waals surface area contributed by atoms with Gasteiger partial charge in [-0.1, -0.05) is 30.3 Å². The molecule has 26 heavy (non-hydrogen) atoms.